The molecule has 0 aliphatic heterocycles. The van der Waals surface area contributed by atoms with E-state index in [1.807, 2.05) is 12.1 Å². The van der Waals surface area contributed by atoms with Crippen molar-refractivity contribution < 1.29 is 4.79 Å². The minimum atomic E-state index is -0.286. The minimum absolute atomic E-state index is 0.169. The lowest BCUT2D eigenvalue weighted by atomic mass is 10.1. The van der Waals surface area contributed by atoms with Gasteiger partial charge in [-0.2, -0.15) is 10.2 Å². The Bertz CT molecular complexity index is 1030. The van der Waals surface area contributed by atoms with Crippen molar-refractivity contribution in [3.63, 3.8) is 0 Å². The zero-order valence-electron chi connectivity index (χ0n) is 14.7. The van der Waals surface area contributed by atoms with E-state index >= 15 is 0 Å². The average molecular weight is 375 g/mol. The molecule has 0 aliphatic rings. The van der Waals surface area contributed by atoms with Crippen molar-refractivity contribution in [3.8, 4) is 0 Å². The number of hydrogen-bond acceptors (Lipinski definition) is 4. The highest BCUT2D eigenvalue weighted by Gasteiger charge is 2.15. The highest BCUT2D eigenvalue weighted by Crippen LogP contribution is 2.15. The molecule has 2 heterocycles. The number of nitrogens with zero attached hydrogens (tertiary/aromatic N) is 5. The van der Waals surface area contributed by atoms with E-state index in [1.54, 1.807) is 44.2 Å². The quantitative estimate of drug-likeness (QED) is 0.752. The lowest BCUT2D eigenvalue weighted by Crippen LogP contribution is -2.37. The molecular weight excluding hydrogens is 356 g/mol. The van der Waals surface area contributed by atoms with Gasteiger partial charge in [0, 0.05) is 32.7 Å². The van der Waals surface area contributed by atoms with Gasteiger partial charge in [0.15, 0.2) is 0 Å². The second kappa shape index (κ2) is 7.17. The van der Waals surface area contributed by atoms with Crippen LogP contribution in [0.15, 0.2) is 35.3 Å². The van der Waals surface area contributed by atoms with Crippen LogP contribution in [-0.4, -0.2) is 37.5 Å². The third kappa shape index (κ3) is 3.55. The molecule has 0 saturated heterocycles. The molecule has 0 radical (unpaired) electrons. The fraction of sp³-hybridized carbons (Fsp3) is 0.294. The molecule has 0 spiro atoms. The Balaban J connectivity index is 1.73. The van der Waals surface area contributed by atoms with E-state index in [4.69, 9.17) is 11.6 Å². The van der Waals surface area contributed by atoms with Crippen molar-refractivity contribution in [1.29, 1.82) is 0 Å². The van der Waals surface area contributed by atoms with Crippen LogP contribution in [0.5, 0.6) is 0 Å². The van der Waals surface area contributed by atoms with E-state index in [1.165, 1.54) is 9.58 Å². The molecule has 2 amide bonds. The maximum Gasteiger partial charge on any atom is 0.317 e. The summed E-state index contributed by atoms with van der Waals surface area (Å²) in [5.41, 5.74) is 1.08. The molecule has 0 fully saturated rings. The number of halogens is 1. The summed E-state index contributed by atoms with van der Waals surface area (Å²) in [5, 5.41) is 13.1. The first-order valence-electron chi connectivity index (χ1n) is 7.98. The van der Waals surface area contributed by atoms with Gasteiger partial charge in [0.25, 0.3) is 5.56 Å². The Morgan fingerprint density at radius 3 is 2.54 bits per heavy atom. The Labute approximate surface area is 155 Å². The maximum absolute atomic E-state index is 12.4. The molecule has 136 valence electrons. The van der Waals surface area contributed by atoms with E-state index < -0.39 is 0 Å². The second-order valence-electron chi connectivity index (χ2n) is 6.03. The molecule has 0 saturated carbocycles. The van der Waals surface area contributed by atoms with Crippen molar-refractivity contribution in [2.75, 3.05) is 7.05 Å². The van der Waals surface area contributed by atoms with Crippen molar-refractivity contribution >= 4 is 28.4 Å². The smallest absolute Gasteiger partial charge is 0.317 e. The molecule has 2 aromatic heterocycles. The molecule has 0 atom stereocenters. The SMILES string of the molecule is CN(Cc1nn(C)cc1Cl)C(=O)NCc1nn(C)c(=O)c2ccccc12. The van der Waals surface area contributed by atoms with Crippen LogP contribution < -0.4 is 10.9 Å². The lowest BCUT2D eigenvalue weighted by molar-refractivity contribution is 0.205. The maximum atomic E-state index is 12.4. The first-order valence-corrected chi connectivity index (χ1v) is 8.36. The molecule has 0 aliphatic carbocycles. The summed E-state index contributed by atoms with van der Waals surface area (Å²) in [6, 6.07) is 6.93. The first kappa shape index (κ1) is 17.9. The third-order valence-electron chi connectivity index (χ3n) is 4.03. The molecule has 26 heavy (non-hydrogen) atoms. The molecule has 9 heteroatoms. The van der Waals surface area contributed by atoms with Gasteiger partial charge in [-0.25, -0.2) is 9.48 Å². The molecular formula is C17H19ClN6O2. The summed E-state index contributed by atoms with van der Waals surface area (Å²) < 4.78 is 2.88. The standard InChI is InChI=1S/C17H19ClN6O2/c1-22(10-15-13(18)9-23(2)20-15)17(26)19-8-14-11-6-4-5-7-12(11)16(25)24(3)21-14/h4-7,9H,8,10H2,1-3H3,(H,19,26). The minimum Gasteiger partial charge on any atom is -0.332 e. The van der Waals surface area contributed by atoms with Crippen LogP contribution in [0.25, 0.3) is 10.8 Å². The van der Waals surface area contributed by atoms with Crippen LogP contribution in [0.2, 0.25) is 5.02 Å². The highest BCUT2D eigenvalue weighted by molar-refractivity contribution is 6.31. The van der Waals surface area contributed by atoms with Gasteiger partial charge in [0.2, 0.25) is 0 Å². The van der Waals surface area contributed by atoms with Gasteiger partial charge in [-0.1, -0.05) is 29.8 Å². The topological polar surface area (TPSA) is 85.1 Å². The number of amides is 2. The summed E-state index contributed by atoms with van der Waals surface area (Å²) in [7, 11) is 5.02. The second-order valence-corrected chi connectivity index (χ2v) is 6.44. The monoisotopic (exact) mass is 374 g/mol. The molecule has 1 N–H and O–H groups in total. The van der Waals surface area contributed by atoms with Gasteiger partial charge >= 0.3 is 6.03 Å². The van der Waals surface area contributed by atoms with Crippen molar-refractivity contribution in [2.24, 2.45) is 14.1 Å². The van der Waals surface area contributed by atoms with Crippen molar-refractivity contribution in [2.45, 2.75) is 13.1 Å². The van der Waals surface area contributed by atoms with E-state index in [0.29, 0.717) is 21.8 Å². The molecule has 8 nitrogen and oxygen atoms in total. The van der Waals surface area contributed by atoms with Crippen LogP contribution in [0, 0.1) is 0 Å². The van der Waals surface area contributed by atoms with Crippen LogP contribution in [0.4, 0.5) is 4.79 Å². The number of fused-ring (bicyclic) bond motifs is 1. The van der Waals surface area contributed by atoms with Crippen molar-refractivity contribution in [3.05, 3.63) is 57.2 Å². The largest absolute Gasteiger partial charge is 0.332 e. The Morgan fingerprint density at radius 2 is 1.88 bits per heavy atom. The number of carbonyl (C=O) groups excluding carboxylic acids is 1. The van der Waals surface area contributed by atoms with E-state index in [9.17, 15) is 9.59 Å². The molecule has 0 unspecified atom stereocenters. The van der Waals surface area contributed by atoms with Gasteiger partial charge < -0.3 is 10.2 Å². The molecule has 1 aromatic carbocycles. The average Bonchev–Trinajstić information content (AvgIpc) is 2.93. The number of benzene rings is 1. The number of urea groups is 1. The van der Waals surface area contributed by atoms with Gasteiger partial charge in [-0.05, 0) is 6.07 Å². The van der Waals surface area contributed by atoms with Crippen molar-refractivity contribution in [1.82, 2.24) is 29.8 Å². The van der Waals surface area contributed by atoms with E-state index in [-0.39, 0.29) is 24.7 Å². The zero-order valence-corrected chi connectivity index (χ0v) is 15.5. The summed E-state index contributed by atoms with van der Waals surface area (Å²) in [4.78, 5) is 26.0. The van der Waals surface area contributed by atoms with Crippen LogP contribution in [0.1, 0.15) is 11.4 Å². The molecule has 3 rings (SSSR count). The third-order valence-corrected chi connectivity index (χ3v) is 4.34. The van der Waals surface area contributed by atoms with Gasteiger partial charge in [-0.15, -0.1) is 0 Å². The predicted molar refractivity (Wildman–Crippen MR) is 98.9 cm³/mol. The van der Waals surface area contributed by atoms with Crippen LogP contribution in [-0.2, 0) is 27.2 Å². The zero-order chi connectivity index (χ0) is 18.8. The Morgan fingerprint density at radius 1 is 1.19 bits per heavy atom. The number of carbonyl (C=O) groups is 1. The van der Waals surface area contributed by atoms with Crippen LogP contribution in [0.3, 0.4) is 0 Å². The molecule has 3 aromatic rings. The highest BCUT2D eigenvalue weighted by atomic mass is 35.5. The Hall–Kier alpha value is -2.87. The van der Waals surface area contributed by atoms with Gasteiger partial charge in [-0.3, -0.25) is 9.48 Å². The fourth-order valence-electron chi connectivity index (χ4n) is 2.71. The fourth-order valence-corrected chi connectivity index (χ4v) is 2.95. The number of hydrogen-bond donors (Lipinski definition) is 1. The summed E-state index contributed by atoms with van der Waals surface area (Å²) in [6.45, 7) is 0.487. The van der Waals surface area contributed by atoms with Gasteiger partial charge in [0.05, 0.1) is 29.2 Å². The predicted octanol–water partition coefficient (Wildman–Crippen LogP) is 1.66. The summed E-state index contributed by atoms with van der Waals surface area (Å²) in [5.74, 6) is 0. The summed E-state index contributed by atoms with van der Waals surface area (Å²) in [6.07, 6.45) is 1.68. The Kier molecular flexibility index (Phi) is 4.94. The first-order chi connectivity index (χ1) is 12.4. The van der Waals surface area contributed by atoms with E-state index in [0.717, 1.165) is 5.39 Å². The molecule has 0 bridgehead atoms. The number of aryl methyl sites for hydroxylation is 2. The van der Waals surface area contributed by atoms with Crippen LogP contribution >= 0.6 is 11.6 Å². The number of aromatic nitrogens is 4. The lowest BCUT2D eigenvalue weighted by Gasteiger charge is -2.17. The summed E-state index contributed by atoms with van der Waals surface area (Å²) >= 11 is 6.08. The van der Waals surface area contributed by atoms with Gasteiger partial charge in [0.1, 0.15) is 5.69 Å². The normalized spacial score (nSPS) is 10.9. The van der Waals surface area contributed by atoms with E-state index in [2.05, 4.69) is 15.5 Å². The number of nitrogens with one attached hydrogen (secondary N) is 1. The number of rotatable bonds is 4.